The fraction of sp³-hybridized carbons (Fsp3) is 0.759. The normalized spacial score (nSPS) is 50.6. The Balaban J connectivity index is 1.68. The topological polar surface area (TPSA) is 58.7 Å². The fourth-order valence-electron chi connectivity index (χ4n) is 9.20. The van der Waals surface area contributed by atoms with Crippen molar-refractivity contribution in [2.75, 3.05) is 0 Å². The minimum absolute atomic E-state index is 0.00569. The Labute approximate surface area is 198 Å². The number of rotatable bonds is 0. The summed E-state index contributed by atoms with van der Waals surface area (Å²) in [6.07, 6.45) is 9.97. The Morgan fingerprint density at radius 2 is 1.67 bits per heavy atom. The Morgan fingerprint density at radius 1 is 1.00 bits per heavy atom. The van der Waals surface area contributed by atoms with Crippen molar-refractivity contribution in [3.05, 3.63) is 34.8 Å². The first-order valence-electron chi connectivity index (χ1n) is 12.9. The first-order valence-corrected chi connectivity index (χ1v) is 12.9. The average molecular weight is 450 g/mol. The van der Waals surface area contributed by atoms with E-state index in [1.807, 2.05) is 19.1 Å². The van der Waals surface area contributed by atoms with Crippen LogP contribution >= 0.6 is 0 Å². The number of carbonyl (C=O) groups is 2. The molecule has 5 aliphatic carbocycles. The Morgan fingerprint density at radius 3 is 2.33 bits per heavy atom. The van der Waals surface area contributed by atoms with Gasteiger partial charge >= 0.3 is 0 Å². The smallest absolute Gasteiger partial charge is 0.226 e. The molecule has 0 heterocycles. The Hall–Kier alpha value is -1.73. The molecule has 8 atom stereocenters. The van der Waals surface area contributed by atoms with Crippen molar-refractivity contribution in [1.82, 2.24) is 0 Å². The van der Waals surface area contributed by atoms with Crippen molar-refractivity contribution >= 4 is 11.6 Å². The molecule has 4 heteroatoms. The number of hydrogen-bond acceptors (Lipinski definition) is 3. The molecule has 0 aromatic heterocycles. The molecule has 0 bridgehead atoms. The lowest BCUT2D eigenvalue weighted by atomic mass is 9.36. The zero-order valence-corrected chi connectivity index (χ0v) is 21.1. The van der Waals surface area contributed by atoms with Gasteiger partial charge in [-0.3, -0.25) is 4.79 Å². The standard InChI is InChI=1S/C29H39NO3/c1-17-18-8-9-27(5)22(26(18,4)16-20(30-7)24(17)32)14-21(31)23-19-15-25(2,3)10-12-29(19,33)13-11-28(23,27)6/h14,16-19,23,33H,8-13,15H2,1-6H3/t17-,18-,19-,23-,26-,27+,28+,29-/m0/s1. The average Bonchev–Trinajstić information content (AvgIpc) is 2.74. The second-order valence-corrected chi connectivity index (χ2v) is 13.5. The number of Topliss-reactive ketones (excluding diaryl/α,β-unsaturated/α-hetero) is 1. The van der Waals surface area contributed by atoms with Crippen LogP contribution in [-0.2, 0) is 9.59 Å². The summed E-state index contributed by atoms with van der Waals surface area (Å²) in [7, 11) is 0. The molecule has 4 nitrogen and oxygen atoms in total. The molecule has 0 aromatic carbocycles. The van der Waals surface area contributed by atoms with Crippen molar-refractivity contribution in [1.29, 1.82) is 0 Å². The van der Waals surface area contributed by atoms with Crippen LogP contribution in [0.4, 0.5) is 0 Å². The van der Waals surface area contributed by atoms with Gasteiger partial charge in [0.05, 0.1) is 12.2 Å². The van der Waals surface area contributed by atoms with E-state index in [1.165, 1.54) is 0 Å². The summed E-state index contributed by atoms with van der Waals surface area (Å²) < 4.78 is 0. The number of nitrogens with zero attached hydrogens (tertiary/aromatic N) is 1. The van der Waals surface area contributed by atoms with Crippen LogP contribution in [0, 0.1) is 51.9 Å². The number of fused-ring (bicyclic) bond motifs is 7. The van der Waals surface area contributed by atoms with Gasteiger partial charge < -0.3 is 9.90 Å². The molecule has 3 fully saturated rings. The Bertz CT molecular complexity index is 1050. The van der Waals surface area contributed by atoms with Gasteiger partial charge in [0.1, 0.15) is 0 Å². The highest BCUT2D eigenvalue weighted by molar-refractivity contribution is 6.01. The molecular weight excluding hydrogens is 410 g/mol. The minimum atomic E-state index is -0.735. The molecule has 178 valence electrons. The first-order chi connectivity index (χ1) is 15.2. The van der Waals surface area contributed by atoms with Gasteiger partial charge in [-0.1, -0.05) is 53.2 Å². The van der Waals surface area contributed by atoms with Crippen molar-refractivity contribution in [2.24, 2.45) is 45.3 Å². The fourth-order valence-corrected chi connectivity index (χ4v) is 9.20. The van der Waals surface area contributed by atoms with Crippen molar-refractivity contribution in [3.63, 3.8) is 0 Å². The van der Waals surface area contributed by atoms with E-state index in [0.717, 1.165) is 50.5 Å². The van der Waals surface area contributed by atoms with E-state index in [0.29, 0.717) is 0 Å². The summed E-state index contributed by atoms with van der Waals surface area (Å²) >= 11 is 0. The highest BCUT2D eigenvalue weighted by atomic mass is 16.3. The molecule has 5 rings (SSSR count). The van der Waals surface area contributed by atoms with Crippen molar-refractivity contribution in [3.8, 4) is 0 Å². The second kappa shape index (κ2) is 6.69. The number of carbonyl (C=O) groups excluding carboxylic acids is 2. The molecule has 5 aliphatic rings. The second-order valence-electron chi connectivity index (χ2n) is 13.5. The molecular formula is C29H39NO3. The number of hydrogen-bond donors (Lipinski definition) is 1. The predicted octanol–water partition coefficient (Wildman–Crippen LogP) is 5.91. The van der Waals surface area contributed by atoms with E-state index in [4.69, 9.17) is 6.57 Å². The van der Waals surface area contributed by atoms with Crippen LogP contribution in [0.5, 0.6) is 0 Å². The van der Waals surface area contributed by atoms with Gasteiger partial charge in [0.25, 0.3) is 0 Å². The summed E-state index contributed by atoms with van der Waals surface area (Å²) in [5, 5.41) is 11.7. The molecule has 33 heavy (non-hydrogen) atoms. The molecule has 0 aromatic rings. The van der Waals surface area contributed by atoms with Gasteiger partial charge in [-0.05, 0) is 79.1 Å². The number of allylic oxidation sites excluding steroid dienone is 4. The molecule has 0 saturated heterocycles. The minimum Gasteiger partial charge on any atom is -0.390 e. The summed E-state index contributed by atoms with van der Waals surface area (Å²) in [6, 6.07) is 0. The summed E-state index contributed by atoms with van der Waals surface area (Å²) in [5.41, 5.74) is -0.109. The number of aliphatic hydroxyl groups is 1. The SMILES string of the molecule is [C-]#[N+]C1=C[C@]2(C)C3=CC(=O)[C@@H]4[C@@H]5CC(C)(C)CC[C@]5(O)CC[C@@]4(C)[C@]3(C)CC[C@H]2[C@H](C)C1=O. The summed E-state index contributed by atoms with van der Waals surface area (Å²) in [4.78, 5) is 30.4. The van der Waals surface area contributed by atoms with Gasteiger partial charge in [-0.25, -0.2) is 4.85 Å². The van der Waals surface area contributed by atoms with Gasteiger partial charge in [0.2, 0.25) is 5.70 Å². The lowest BCUT2D eigenvalue weighted by Crippen LogP contribution is -2.65. The van der Waals surface area contributed by atoms with E-state index in [-0.39, 0.29) is 57.2 Å². The zero-order valence-electron chi connectivity index (χ0n) is 21.1. The zero-order chi connectivity index (χ0) is 24.2. The van der Waals surface area contributed by atoms with Gasteiger partial charge in [0.15, 0.2) is 11.6 Å². The van der Waals surface area contributed by atoms with Crippen LogP contribution in [-0.4, -0.2) is 22.3 Å². The quantitative estimate of drug-likeness (QED) is 0.468. The van der Waals surface area contributed by atoms with Crippen LogP contribution in [0.15, 0.2) is 23.4 Å². The third kappa shape index (κ3) is 2.78. The third-order valence-electron chi connectivity index (χ3n) is 11.4. The van der Waals surface area contributed by atoms with E-state index < -0.39 is 11.0 Å². The maximum Gasteiger partial charge on any atom is 0.226 e. The lowest BCUT2D eigenvalue weighted by Gasteiger charge is -2.68. The molecule has 0 aliphatic heterocycles. The molecule has 1 N–H and O–H groups in total. The molecule has 0 amide bonds. The van der Waals surface area contributed by atoms with Crippen LogP contribution in [0.25, 0.3) is 4.85 Å². The maximum absolute atomic E-state index is 14.0. The van der Waals surface area contributed by atoms with Crippen LogP contribution in [0.2, 0.25) is 0 Å². The van der Waals surface area contributed by atoms with E-state index in [1.54, 1.807) is 0 Å². The highest BCUT2D eigenvalue weighted by Gasteiger charge is 2.68. The van der Waals surface area contributed by atoms with Crippen LogP contribution in [0.1, 0.15) is 86.5 Å². The third-order valence-corrected chi connectivity index (χ3v) is 11.4. The largest absolute Gasteiger partial charge is 0.390 e. The van der Waals surface area contributed by atoms with E-state index >= 15 is 0 Å². The van der Waals surface area contributed by atoms with Gasteiger partial charge in [-0.15, -0.1) is 0 Å². The molecule has 0 radical (unpaired) electrons. The van der Waals surface area contributed by atoms with Gasteiger partial charge in [-0.2, -0.15) is 0 Å². The monoisotopic (exact) mass is 449 g/mol. The van der Waals surface area contributed by atoms with Crippen LogP contribution < -0.4 is 0 Å². The number of ketones is 2. The molecule has 0 spiro atoms. The van der Waals surface area contributed by atoms with Crippen LogP contribution in [0.3, 0.4) is 0 Å². The summed E-state index contributed by atoms with van der Waals surface area (Å²) in [6.45, 7) is 20.9. The maximum atomic E-state index is 14.0. The predicted molar refractivity (Wildman–Crippen MR) is 128 cm³/mol. The Kier molecular flexibility index (Phi) is 4.67. The van der Waals surface area contributed by atoms with Crippen molar-refractivity contribution in [2.45, 2.75) is 92.1 Å². The first kappa shape index (κ1) is 23.0. The highest BCUT2D eigenvalue weighted by Crippen LogP contribution is 2.72. The van der Waals surface area contributed by atoms with Gasteiger partial charge in [0, 0.05) is 17.3 Å². The molecule has 0 unspecified atom stereocenters. The van der Waals surface area contributed by atoms with E-state index in [9.17, 15) is 14.7 Å². The lowest BCUT2D eigenvalue weighted by molar-refractivity contribution is -0.194. The summed E-state index contributed by atoms with van der Waals surface area (Å²) in [5.74, 6) is -0.140. The molecule has 3 saturated carbocycles. The van der Waals surface area contributed by atoms with Crippen molar-refractivity contribution < 1.29 is 14.7 Å². The van der Waals surface area contributed by atoms with E-state index in [2.05, 4.69) is 39.5 Å².